The summed E-state index contributed by atoms with van der Waals surface area (Å²) in [6.07, 6.45) is 1.85. The normalized spacial score (nSPS) is 13.3. The predicted octanol–water partition coefficient (Wildman–Crippen LogP) is 1.89. The number of nitrogens with one attached hydrogen (secondary N) is 1. The summed E-state index contributed by atoms with van der Waals surface area (Å²) in [4.78, 5) is 3.06. The quantitative estimate of drug-likeness (QED) is 0.719. The van der Waals surface area contributed by atoms with E-state index in [0.29, 0.717) is 0 Å². The molecule has 0 radical (unpaired) electrons. The second-order valence-electron chi connectivity index (χ2n) is 2.87. The molecule has 1 aromatic carbocycles. The molecule has 2 aromatic rings. The van der Waals surface area contributed by atoms with Crippen LogP contribution in [0, 0.1) is 0 Å². The predicted molar refractivity (Wildman–Crippen MR) is 52.8 cm³/mol. The Kier molecular flexibility index (Phi) is 2.16. The molecule has 0 bridgehead atoms. The topological polar surface area (TPSA) is 53.1 Å². The number of rotatable bonds is 2. The third kappa shape index (κ3) is 1.79. The molecule has 3 nitrogen and oxygen atoms in total. The van der Waals surface area contributed by atoms with Crippen LogP contribution in [0.15, 0.2) is 30.5 Å². The van der Waals surface area contributed by atoms with Gasteiger partial charge >= 0.3 is 0 Å². The van der Waals surface area contributed by atoms with Crippen LogP contribution in [0.4, 0.5) is 0 Å². The Morgan fingerprint density at radius 3 is 3.00 bits per heavy atom. The number of fused-ring (bicyclic) bond motifs is 1. The van der Waals surface area contributed by atoms with Crippen LogP contribution in [0.1, 0.15) is 5.56 Å². The molecular formula is C9H9NO2S. The lowest BCUT2D eigenvalue weighted by Crippen LogP contribution is -1.91. The molecule has 0 saturated carbocycles. The molecule has 1 aromatic heterocycles. The van der Waals surface area contributed by atoms with Gasteiger partial charge in [-0.15, -0.1) is 0 Å². The van der Waals surface area contributed by atoms with Crippen molar-refractivity contribution in [3.63, 3.8) is 0 Å². The maximum atomic E-state index is 10.5. The van der Waals surface area contributed by atoms with Gasteiger partial charge in [0.05, 0.1) is 5.75 Å². The number of H-pyrrole nitrogens is 1. The van der Waals surface area contributed by atoms with Gasteiger partial charge in [-0.3, -0.25) is 0 Å². The van der Waals surface area contributed by atoms with Gasteiger partial charge in [0.15, 0.2) is 11.1 Å². The summed E-state index contributed by atoms with van der Waals surface area (Å²) >= 11 is -1.76. The van der Waals surface area contributed by atoms with Crippen LogP contribution < -0.4 is 0 Å². The van der Waals surface area contributed by atoms with Gasteiger partial charge in [0.25, 0.3) is 0 Å². The van der Waals surface area contributed by atoms with Gasteiger partial charge < -0.3 is 9.54 Å². The summed E-state index contributed by atoms with van der Waals surface area (Å²) in [5.74, 6) is 0.196. The van der Waals surface area contributed by atoms with Crippen molar-refractivity contribution in [2.24, 2.45) is 0 Å². The molecule has 2 rings (SSSR count). The van der Waals surface area contributed by atoms with Crippen molar-refractivity contribution in [1.82, 2.24) is 4.98 Å². The summed E-state index contributed by atoms with van der Waals surface area (Å²) in [6, 6.07) is 7.63. The minimum Gasteiger partial charge on any atom is -0.361 e. The van der Waals surface area contributed by atoms with Crippen molar-refractivity contribution in [1.29, 1.82) is 0 Å². The van der Waals surface area contributed by atoms with Gasteiger partial charge in [0.2, 0.25) is 0 Å². The summed E-state index contributed by atoms with van der Waals surface area (Å²) in [6.45, 7) is 0. The van der Waals surface area contributed by atoms with Crippen LogP contribution >= 0.6 is 0 Å². The van der Waals surface area contributed by atoms with Crippen LogP contribution in [0.25, 0.3) is 10.9 Å². The lowest BCUT2D eigenvalue weighted by Gasteiger charge is -1.96. The highest BCUT2D eigenvalue weighted by molar-refractivity contribution is 7.78. The Labute approximate surface area is 78.1 Å². The minimum absolute atomic E-state index is 0.196. The van der Waals surface area contributed by atoms with Crippen LogP contribution in [-0.4, -0.2) is 13.7 Å². The highest BCUT2D eigenvalue weighted by Gasteiger charge is 1.99. The fraction of sp³-hybridized carbons (Fsp3) is 0.111. The summed E-state index contributed by atoms with van der Waals surface area (Å²) in [7, 11) is 0. The SMILES string of the molecule is O=S(O)Cc1ccc2[nH]ccc2c1. The first-order chi connectivity index (χ1) is 6.25. The van der Waals surface area contributed by atoms with Crippen molar-refractivity contribution in [2.75, 3.05) is 0 Å². The van der Waals surface area contributed by atoms with Gasteiger partial charge in [0, 0.05) is 11.7 Å². The lowest BCUT2D eigenvalue weighted by molar-refractivity contribution is 0.563. The average Bonchev–Trinajstić information content (AvgIpc) is 2.49. The average molecular weight is 195 g/mol. The van der Waals surface area contributed by atoms with Crippen molar-refractivity contribution in [3.05, 3.63) is 36.0 Å². The van der Waals surface area contributed by atoms with Gasteiger partial charge in [-0.25, -0.2) is 4.21 Å². The molecule has 2 N–H and O–H groups in total. The second-order valence-corrected chi connectivity index (χ2v) is 3.80. The van der Waals surface area contributed by atoms with E-state index < -0.39 is 11.1 Å². The maximum Gasteiger partial charge on any atom is 0.157 e. The smallest absolute Gasteiger partial charge is 0.157 e. The lowest BCUT2D eigenvalue weighted by atomic mass is 10.2. The zero-order chi connectivity index (χ0) is 9.26. The number of hydrogen-bond acceptors (Lipinski definition) is 1. The van der Waals surface area contributed by atoms with Gasteiger partial charge in [-0.05, 0) is 29.1 Å². The molecule has 0 aliphatic heterocycles. The molecule has 0 spiro atoms. The number of benzene rings is 1. The summed E-state index contributed by atoms with van der Waals surface area (Å²) in [5, 5.41) is 1.07. The molecule has 1 atom stereocenters. The third-order valence-electron chi connectivity index (χ3n) is 1.91. The molecule has 0 saturated heterocycles. The van der Waals surface area contributed by atoms with Crippen molar-refractivity contribution >= 4 is 22.0 Å². The van der Waals surface area contributed by atoms with E-state index in [-0.39, 0.29) is 5.75 Å². The van der Waals surface area contributed by atoms with Gasteiger partial charge in [-0.1, -0.05) is 6.07 Å². The molecular weight excluding hydrogens is 186 g/mol. The molecule has 1 heterocycles. The molecule has 0 amide bonds. The molecule has 4 heteroatoms. The van der Waals surface area contributed by atoms with E-state index in [9.17, 15) is 4.21 Å². The van der Waals surface area contributed by atoms with Gasteiger partial charge in [-0.2, -0.15) is 0 Å². The minimum atomic E-state index is -1.76. The van der Waals surface area contributed by atoms with Gasteiger partial charge in [0.1, 0.15) is 0 Å². The number of aromatic amines is 1. The van der Waals surface area contributed by atoms with E-state index in [4.69, 9.17) is 4.55 Å². The Bertz CT molecular complexity index is 450. The fourth-order valence-electron chi connectivity index (χ4n) is 1.34. The van der Waals surface area contributed by atoms with Crippen molar-refractivity contribution in [2.45, 2.75) is 5.75 Å². The molecule has 13 heavy (non-hydrogen) atoms. The van der Waals surface area contributed by atoms with E-state index in [1.54, 1.807) is 0 Å². The first-order valence-corrected chi connectivity index (χ1v) is 5.17. The van der Waals surface area contributed by atoms with Crippen molar-refractivity contribution < 1.29 is 8.76 Å². The first-order valence-electron chi connectivity index (χ1n) is 3.89. The molecule has 0 fully saturated rings. The van der Waals surface area contributed by atoms with E-state index >= 15 is 0 Å². The van der Waals surface area contributed by atoms with Crippen molar-refractivity contribution in [3.8, 4) is 0 Å². The Hall–Kier alpha value is -1.13. The molecule has 0 aliphatic carbocycles. The molecule has 1 unspecified atom stereocenters. The maximum absolute atomic E-state index is 10.5. The third-order valence-corrected chi connectivity index (χ3v) is 2.49. The Morgan fingerprint density at radius 2 is 2.23 bits per heavy atom. The molecule has 68 valence electrons. The zero-order valence-corrected chi connectivity index (χ0v) is 7.67. The van der Waals surface area contributed by atoms with E-state index in [1.807, 2.05) is 30.5 Å². The fourth-order valence-corrected chi connectivity index (χ4v) is 1.80. The van der Waals surface area contributed by atoms with E-state index in [1.165, 1.54) is 0 Å². The largest absolute Gasteiger partial charge is 0.361 e. The number of hydrogen-bond donors (Lipinski definition) is 2. The second kappa shape index (κ2) is 3.32. The van der Waals surface area contributed by atoms with Crippen LogP contribution in [-0.2, 0) is 16.8 Å². The van der Waals surface area contributed by atoms with Crippen LogP contribution in [0.5, 0.6) is 0 Å². The highest BCUT2D eigenvalue weighted by atomic mass is 32.2. The van der Waals surface area contributed by atoms with E-state index in [0.717, 1.165) is 16.5 Å². The Balaban J connectivity index is 2.42. The Morgan fingerprint density at radius 1 is 1.38 bits per heavy atom. The highest BCUT2D eigenvalue weighted by Crippen LogP contribution is 2.14. The number of aromatic nitrogens is 1. The first kappa shape index (κ1) is 8.47. The van der Waals surface area contributed by atoms with Crippen LogP contribution in [0.3, 0.4) is 0 Å². The monoisotopic (exact) mass is 195 g/mol. The molecule has 0 aliphatic rings. The summed E-state index contributed by atoms with van der Waals surface area (Å²) < 4.78 is 19.2. The standard InChI is InChI=1S/C9H9NO2S/c11-13(12)6-7-1-2-9-8(5-7)3-4-10-9/h1-5,10H,6H2,(H,11,12). The summed E-state index contributed by atoms with van der Waals surface area (Å²) in [5.41, 5.74) is 1.93. The van der Waals surface area contributed by atoms with E-state index in [2.05, 4.69) is 4.98 Å². The van der Waals surface area contributed by atoms with Crippen LogP contribution in [0.2, 0.25) is 0 Å². The zero-order valence-electron chi connectivity index (χ0n) is 6.86.